The molecule has 0 bridgehead atoms. The molecule has 60 valence electrons. The summed E-state index contributed by atoms with van der Waals surface area (Å²) < 4.78 is 0. The van der Waals surface area contributed by atoms with Crippen LogP contribution >= 0.6 is 0 Å². The Bertz CT molecular complexity index is 187. The molecule has 0 atom stereocenters. The van der Waals surface area contributed by atoms with E-state index >= 15 is 0 Å². The molecule has 3 N–H and O–H groups in total. The average Bonchev–Trinajstić information content (AvgIpc) is 1.97. The summed E-state index contributed by atoms with van der Waals surface area (Å²) in [6, 6.07) is 3.72. The van der Waals surface area contributed by atoms with Crippen molar-refractivity contribution in [2.45, 2.75) is 6.92 Å². The van der Waals surface area contributed by atoms with Crippen molar-refractivity contribution in [1.29, 1.82) is 0 Å². The second kappa shape index (κ2) is 5.22. The number of hydrogen-bond donors (Lipinski definition) is 2. The number of nitrogens with two attached hydrogens (primary N) is 1. The van der Waals surface area contributed by atoms with E-state index in [-0.39, 0.29) is 6.47 Å². The smallest absolute Gasteiger partial charge is 0.290 e. The van der Waals surface area contributed by atoms with Crippen LogP contribution in [0.5, 0.6) is 0 Å². The predicted molar refractivity (Wildman–Crippen MR) is 42.1 cm³/mol. The van der Waals surface area contributed by atoms with Gasteiger partial charge in [-0.3, -0.25) is 4.79 Å². The summed E-state index contributed by atoms with van der Waals surface area (Å²) in [6.45, 7) is 1.73. The van der Waals surface area contributed by atoms with Gasteiger partial charge in [-0.05, 0) is 18.6 Å². The van der Waals surface area contributed by atoms with E-state index in [0.29, 0.717) is 5.82 Å². The molecule has 0 radical (unpaired) electrons. The summed E-state index contributed by atoms with van der Waals surface area (Å²) >= 11 is 0. The molecule has 0 unspecified atom stereocenters. The third kappa shape index (κ3) is 4.90. The van der Waals surface area contributed by atoms with Gasteiger partial charge in [0.1, 0.15) is 5.82 Å². The Morgan fingerprint density at radius 3 is 2.45 bits per heavy atom. The first-order valence-electron chi connectivity index (χ1n) is 2.96. The van der Waals surface area contributed by atoms with E-state index in [1.165, 1.54) is 0 Å². The molecule has 0 saturated heterocycles. The maximum atomic E-state index is 8.36. The molecule has 4 heteroatoms. The molecule has 4 nitrogen and oxygen atoms in total. The van der Waals surface area contributed by atoms with Gasteiger partial charge < -0.3 is 10.8 Å². The number of nitrogens with zero attached hydrogens (tertiary/aromatic N) is 1. The van der Waals surface area contributed by atoms with Gasteiger partial charge in [0.15, 0.2) is 0 Å². The summed E-state index contributed by atoms with van der Waals surface area (Å²) in [6.07, 6.45) is 1.75. The van der Waals surface area contributed by atoms with Crippen LogP contribution in [-0.2, 0) is 4.79 Å². The zero-order valence-corrected chi connectivity index (χ0v) is 6.19. The number of anilines is 1. The van der Waals surface area contributed by atoms with Crippen molar-refractivity contribution in [1.82, 2.24) is 4.98 Å². The summed E-state index contributed by atoms with van der Waals surface area (Å²) in [7, 11) is 0. The fourth-order valence-corrected chi connectivity index (χ4v) is 0.479. The third-order valence-corrected chi connectivity index (χ3v) is 0.934. The molecule has 1 heterocycles. The SMILES string of the molecule is Cc1ccc(N)nc1.O=CO. The van der Waals surface area contributed by atoms with Crippen LogP contribution < -0.4 is 5.73 Å². The van der Waals surface area contributed by atoms with Gasteiger partial charge >= 0.3 is 0 Å². The Morgan fingerprint density at radius 2 is 2.18 bits per heavy atom. The highest BCUT2D eigenvalue weighted by Gasteiger charge is 1.81. The Hall–Kier alpha value is -1.58. The highest BCUT2D eigenvalue weighted by atomic mass is 16.3. The number of pyridine rings is 1. The Kier molecular flexibility index (Phi) is 4.47. The minimum Gasteiger partial charge on any atom is -0.483 e. The Morgan fingerprint density at radius 1 is 1.64 bits per heavy atom. The maximum absolute atomic E-state index is 8.36. The van der Waals surface area contributed by atoms with Crippen molar-refractivity contribution >= 4 is 12.3 Å². The van der Waals surface area contributed by atoms with Gasteiger partial charge in [-0.2, -0.15) is 0 Å². The zero-order chi connectivity index (χ0) is 8.69. The van der Waals surface area contributed by atoms with Crippen LogP contribution in [0.3, 0.4) is 0 Å². The number of carbonyl (C=O) groups is 1. The van der Waals surface area contributed by atoms with E-state index in [1.807, 2.05) is 13.0 Å². The predicted octanol–water partition coefficient (Wildman–Crippen LogP) is 0.673. The van der Waals surface area contributed by atoms with Crippen LogP contribution in [0.2, 0.25) is 0 Å². The van der Waals surface area contributed by atoms with Gasteiger partial charge in [0, 0.05) is 6.20 Å². The minimum atomic E-state index is -0.250. The van der Waals surface area contributed by atoms with Gasteiger partial charge in [0.05, 0.1) is 0 Å². The third-order valence-electron chi connectivity index (χ3n) is 0.934. The van der Waals surface area contributed by atoms with Crippen LogP contribution in [-0.4, -0.2) is 16.6 Å². The molecule has 0 spiro atoms. The number of hydrogen-bond acceptors (Lipinski definition) is 3. The summed E-state index contributed by atoms with van der Waals surface area (Å²) in [5.74, 6) is 0.579. The molecule has 1 aromatic rings. The first-order chi connectivity index (χ1) is 5.20. The minimum absolute atomic E-state index is 0.250. The maximum Gasteiger partial charge on any atom is 0.290 e. The Balaban J connectivity index is 0.000000292. The monoisotopic (exact) mass is 154 g/mol. The first-order valence-corrected chi connectivity index (χ1v) is 2.96. The molecule has 0 amide bonds. The van der Waals surface area contributed by atoms with E-state index < -0.39 is 0 Å². The second-order valence-electron chi connectivity index (χ2n) is 1.87. The first kappa shape index (κ1) is 9.42. The summed E-state index contributed by atoms with van der Waals surface area (Å²) in [5, 5.41) is 6.89. The second-order valence-corrected chi connectivity index (χ2v) is 1.87. The molecule has 0 aliphatic carbocycles. The molecular formula is C7H10N2O2. The Labute approximate surface area is 64.7 Å². The molecule has 1 aromatic heterocycles. The number of rotatable bonds is 0. The molecule has 0 aromatic carbocycles. The lowest BCUT2D eigenvalue weighted by Gasteiger charge is -1.89. The molecular weight excluding hydrogens is 144 g/mol. The average molecular weight is 154 g/mol. The van der Waals surface area contributed by atoms with E-state index in [9.17, 15) is 0 Å². The highest BCUT2D eigenvalue weighted by molar-refractivity contribution is 5.32. The van der Waals surface area contributed by atoms with Crippen molar-refractivity contribution in [2.75, 3.05) is 5.73 Å². The summed E-state index contributed by atoms with van der Waals surface area (Å²) in [5.41, 5.74) is 6.45. The largest absolute Gasteiger partial charge is 0.483 e. The summed E-state index contributed by atoms with van der Waals surface area (Å²) in [4.78, 5) is 12.2. The molecule has 0 fully saturated rings. The van der Waals surface area contributed by atoms with Crippen LogP contribution in [0.15, 0.2) is 18.3 Å². The van der Waals surface area contributed by atoms with Crippen molar-refractivity contribution in [3.05, 3.63) is 23.9 Å². The molecule has 0 saturated carbocycles. The van der Waals surface area contributed by atoms with E-state index in [2.05, 4.69) is 4.98 Å². The number of nitrogen functional groups attached to an aromatic ring is 1. The van der Waals surface area contributed by atoms with Crippen LogP contribution in [0, 0.1) is 6.92 Å². The lowest BCUT2D eigenvalue weighted by Crippen LogP contribution is -1.87. The van der Waals surface area contributed by atoms with Gasteiger partial charge in [-0.1, -0.05) is 6.07 Å². The van der Waals surface area contributed by atoms with Gasteiger partial charge in [0.25, 0.3) is 6.47 Å². The van der Waals surface area contributed by atoms with Crippen LogP contribution in [0.1, 0.15) is 5.56 Å². The molecule has 11 heavy (non-hydrogen) atoms. The van der Waals surface area contributed by atoms with Crippen molar-refractivity contribution in [2.24, 2.45) is 0 Å². The quantitative estimate of drug-likeness (QED) is 0.538. The van der Waals surface area contributed by atoms with Crippen molar-refractivity contribution in [3.8, 4) is 0 Å². The standard InChI is InChI=1S/C6H8N2.CH2O2/c1-5-2-3-6(7)8-4-5;2-1-3/h2-4H,1H3,(H2,7,8);1H,(H,2,3). The number of aromatic nitrogens is 1. The van der Waals surface area contributed by atoms with Gasteiger partial charge in [-0.15, -0.1) is 0 Å². The fraction of sp³-hybridized carbons (Fsp3) is 0.143. The van der Waals surface area contributed by atoms with Crippen molar-refractivity contribution in [3.63, 3.8) is 0 Å². The normalized spacial score (nSPS) is 7.73. The van der Waals surface area contributed by atoms with E-state index in [4.69, 9.17) is 15.6 Å². The number of aryl methyl sites for hydroxylation is 1. The highest BCUT2D eigenvalue weighted by Crippen LogP contribution is 1.97. The lowest BCUT2D eigenvalue weighted by atomic mass is 10.3. The molecule has 0 aliphatic rings. The van der Waals surface area contributed by atoms with Gasteiger partial charge in [-0.25, -0.2) is 4.98 Å². The van der Waals surface area contributed by atoms with E-state index in [0.717, 1.165) is 5.56 Å². The van der Waals surface area contributed by atoms with E-state index in [1.54, 1.807) is 12.3 Å². The lowest BCUT2D eigenvalue weighted by molar-refractivity contribution is -0.122. The fourth-order valence-electron chi connectivity index (χ4n) is 0.479. The zero-order valence-electron chi connectivity index (χ0n) is 6.19. The van der Waals surface area contributed by atoms with Crippen LogP contribution in [0.4, 0.5) is 5.82 Å². The number of carboxylic acid groups (broad SMARTS) is 1. The van der Waals surface area contributed by atoms with Crippen molar-refractivity contribution < 1.29 is 9.90 Å². The van der Waals surface area contributed by atoms with Gasteiger partial charge in [0.2, 0.25) is 0 Å². The molecule has 1 rings (SSSR count). The molecule has 0 aliphatic heterocycles. The topological polar surface area (TPSA) is 76.2 Å². The van der Waals surface area contributed by atoms with Crippen LogP contribution in [0.25, 0.3) is 0 Å².